The minimum atomic E-state index is -0.272. The van der Waals surface area contributed by atoms with Crippen molar-refractivity contribution in [2.45, 2.75) is 26.2 Å². The van der Waals surface area contributed by atoms with Gasteiger partial charge in [0.25, 0.3) is 0 Å². The quantitative estimate of drug-likeness (QED) is 0.442. The molecule has 4 heteroatoms. The van der Waals surface area contributed by atoms with Gasteiger partial charge in [-0.1, -0.05) is 12.8 Å². The van der Waals surface area contributed by atoms with E-state index in [1.807, 2.05) is 12.1 Å². The molecule has 2 rings (SSSR count). The molecule has 1 saturated carbocycles. The monoisotopic (exact) mass is 248 g/mol. The molecule has 0 heterocycles. The summed E-state index contributed by atoms with van der Waals surface area (Å²) in [6.45, 7) is 3.18. The van der Waals surface area contributed by atoms with Crippen molar-refractivity contribution in [1.29, 1.82) is 0 Å². The van der Waals surface area contributed by atoms with Crippen molar-refractivity contribution in [2.75, 3.05) is 18.6 Å². The van der Waals surface area contributed by atoms with Gasteiger partial charge in [-0.25, -0.2) is 10.2 Å². The molecule has 0 aliphatic heterocycles. The van der Waals surface area contributed by atoms with E-state index in [0.29, 0.717) is 12.2 Å². The van der Waals surface area contributed by atoms with E-state index in [1.54, 1.807) is 19.1 Å². The zero-order valence-corrected chi connectivity index (χ0v) is 10.7. The maximum atomic E-state index is 11.4. The highest BCUT2D eigenvalue weighted by Crippen LogP contribution is 2.31. The average Bonchev–Trinajstić information content (AvgIpc) is 3.20. The molecule has 1 aliphatic rings. The molecule has 0 spiro atoms. The smallest absolute Gasteiger partial charge is 0.338 e. The number of carbonyl (C=O) groups excluding carboxylic acids is 1. The predicted octanol–water partition coefficient (Wildman–Crippen LogP) is 2.58. The van der Waals surface area contributed by atoms with Gasteiger partial charge in [0, 0.05) is 12.2 Å². The molecule has 0 bridgehead atoms. The van der Waals surface area contributed by atoms with Gasteiger partial charge in [-0.15, -0.1) is 0 Å². The second-order valence-corrected chi connectivity index (χ2v) is 4.58. The van der Waals surface area contributed by atoms with Crippen molar-refractivity contribution >= 4 is 11.7 Å². The zero-order valence-electron chi connectivity index (χ0n) is 10.7. The van der Waals surface area contributed by atoms with E-state index in [9.17, 15) is 4.79 Å². The summed E-state index contributed by atoms with van der Waals surface area (Å²) in [5.41, 5.74) is 7.85. The number of carbonyl (C=O) groups is 1. The fraction of sp³-hybridized carbons (Fsp3) is 0.500. The van der Waals surface area contributed by atoms with Gasteiger partial charge in [0.1, 0.15) is 0 Å². The minimum absolute atomic E-state index is 0.272. The summed E-state index contributed by atoms with van der Waals surface area (Å²) in [5, 5.41) is 0. The van der Waals surface area contributed by atoms with Gasteiger partial charge in [-0.3, -0.25) is 0 Å². The molecule has 0 unspecified atom stereocenters. The number of nitrogens with one attached hydrogen (secondary N) is 2. The molecule has 1 aromatic carbocycles. The van der Waals surface area contributed by atoms with Gasteiger partial charge in [0.05, 0.1) is 12.2 Å². The lowest BCUT2D eigenvalue weighted by molar-refractivity contribution is 0.0526. The van der Waals surface area contributed by atoms with Gasteiger partial charge in [-0.05, 0) is 43.5 Å². The van der Waals surface area contributed by atoms with E-state index < -0.39 is 0 Å². The maximum absolute atomic E-state index is 11.4. The topological polar surface area (TPSA) is 50.4 Å². The fourth-order valence-corrected chi connectivity index (χ4v) is 1.75. The number of ether oxygens (including phenoxy) is 1. The second kappa shape index (κ2) is 6.40. The van der Waals surface area contributed by atoms with E-state index in [2.05, 4.69) is 10.9 Å². The molecule has 0 aromatic heterocycles. The minimum Gasteiger partial charge on any atom is -0.462 e. The maximum Gasteiger partial charge on any atom is 0.338 e. The molecule has 1 aromatic rings. The normalized spacial score (nSPS) is 14.3. The summed E-state index contributed by atoms with van der Waals surface area (Å²) in [6, 6.07) is 7.28. The molecule has 1 fully saturated rings. The van der Waals surface area contributed by atoms with Gasteiger partial charge < -0.3 is 10.2 Å². The summed E-state index contributed by atoms with van der Waals surface area (Å²) >= 11 is 0. The van der Waals surface area contributed by atoms with Crippen LogP contribution >= 0.6 is 0 Å². The lowest BCUT2D eigenvalue weighted by atomic mass is 10.2. The number of hydrogen-bond acceptors (Lipinski definition) is 4. The Bertz CT molecular complexity index is 385. The molecular weight excluding hydrogens is 228 g/mol. The Kier molecular flexibility index (Phi) is 4.59. The van der Waals surface area contributed by atoms with Gasteiger partial charge in [0.15, 0.2) is 0 Å². The molecule has 18 heavy (non-hydrogen) atoms. The predicted molar refractivity (Wildman–Crippen MR) is 71.4 cm³/mol. The van der Waals surface area contributed by atoms with Crippen LogP contribution in [0.2, 0.25) is 0 Å². The first-order valence-corrected chi connectivity index (χ1v) is 6.55. The van der Waals surface area contributed by atoms with Crippen molar-refractivity contribution in [3.8, 4) is 0 Å². The molecule has 0 radical (unpaired) electrons. The fourth-order valence-electron chi connectivity index (χ4n) is 1.75. The third kappa shape index (κ3) is 4.04. The number of esters is 1. The summed E-state index contributed by atoms with van der Waals surface area (Å²) in [7, 11) is 0. The standard InChI is InChI=1S/C14H20N2O2/c1-2-18-14(17)12-5-7-13(8-6-12)16-15-10-9-11-3-4-11/h5-8,11,15-16H,2-4,9-10H2,1H3. The van der Waals surface area contributed by atoms with Crippen LogP contribution in [0.3, 0.4) is 0 Å². The van der Waals surface area contributed by atoms with Crippen LogP contribution in [-0.2, 0) is 4.74 Å². The highest BCUT2D eigenvalue weighted by atomic mass is 16.5. The molecule has 0 saturated heterocycles. The molecular formula is C14H20N2O2. The zero-order chi connectivity index (χ0) is 12.8. The van der Waals surface area contributed by atoms with Crippen LogP contribution < -0.4 is 10.9 Å². The molecule has 4 nitrogen and oxygen atoms in total. The number of benzene rings is 1. The molecule has 1 aliphatic carbocycles. The van der Waals surface area contributed by atoms with Crippen molar-refractivity contribution < 1.29 is 9.53 Å². The SMILES string of the molecule is CCOC(=O)c1ccc(NNCCC2CC2)cc1. The Morgan fingerprint density at radius 2 is 2.06 bits per heavy atom. The molecule has 2 N–H and O–H groups in total. The van der Waals surface area contributed by atoms with Crippen LogP contribution in [-0.4, -0.2) is 19.1 Å². The largest absolute Gasteiger partial charge is 0.462 e. The summed E-state index contributed by atoms with van der Waals surface area (Å²) in [4.78, 5) is 11.4. The highest BCUT2D eigenvalue weighted by molar-refractivity contribution is 5.89. The third-order valence-corrected chi connectivity index (χ3v) is 3.00. The third-order valence-electron chi connectivity index (χ3n) is 3.00. The lowest BCUT2D eigenvalue weighted by Crippen LogP contribution is -2.23. The highest BCUT2D eigenvalue weighted by Gasteiger charge is 2.19. The number of hydrogen-bond donors (Lipinski definition) is 2. The first-order valence-electron chi connectivity index (χ1n) is 6.55. The lowest BCUT2D eigenvalue weighted by Gasteiger charge is -2.08. The van der Waals surface area contributed by atoms with Crippen molar-refractivity contribution in [3.05, 3.63) is 29.8 Å². The van der Waals surface area contributed by atoms with Gasteiger partial charge in [-0.2, -0.15) is 0 Å². The van der Waals surface area contributed by atoms with Crippen LogP contribution in [0.15, 0.2) is 24.3 Å². The van der Waals surface area contributed by atoms with Crippen LogP contribution in [0.25, 0.3) is 0 Å². The van der Waals surface area contributed by atoms with Crippen LogP contribution in [0.5, 0.6) is 0 Å². The molecule has 98 valence electrons. The van der Waals surface area contributed by atoms with Crippen molar-refractivity contribution in [1.82, 2.24) is 5.43 Å². The Labute approximate surface area is 108 Å². The first-order chi connectivity index (χ1) is 8.79. The van der Waals surface area contributed by atoms with Gasteiger partial charge >= 0.3 is 5.97 Å². The molecule has 0 atom stereocenters. The van der Waals surface area contributed by atoms with Gasteiger partial charge in [0.2, 0.25) is 0 Å². The van der Waals surface area contributed by atoms with E-state index in [4.69, 9.17) is 4.74 Å². The average molecular weight is 248 g/mol. The number of rotatable bonds is 7. The Morgan fingerprint density at radius 1 is 1.33 bits per heavy atom. The first kappa shape index (κ1) is 12.9. The van der Waals surface area contributed by atoms with Crippen LogP contribution in [0.4, 0.5) is 5.69 Å². The summed E-state index contributed by atoms with van der Waals surface area (Å²) < 4.78 is 4.92. The van der Waals surface area contributed by atoms with E-state index >= 15 is 0 Å². The van der Waals surface area contributed by atoms with Crippen LogP contribution in [0.1, 0.15) is 36.5 Å². The van der Waals surface area contributed by atoms with E-state index in [-0.39, 0.29) is 5.97 Å². The van der Waals surface area contributed by atoms with E-state index in [1.165, 1.54) is 19.3 Å². The summed E-state index contributed by atoms with van der Waals surface area (Å²) in [6.07, 6.45) is 4.00. The number of anilines is 1. The van der Waals surface area contributed by atoms with Crippen molar-refractivity contribution in [3.63, 3.8) is 0 Å². The summed E-state index contributed by atoms with van der Waals surface area (Å²) in [5.74, 6) is 0.663. The van der Waals surface area contributed by atoms with E-state index in [0.717, 1.165) is 18.2 Å². The van der Waals surface area contributed by atoms with Crippen LogP contribution in [0, 0.1) is 5.92 Å². The van der Waals surface area contributed by atoms with Crippen molar-refractivity contribution in [2.24, 2.45) is 5.92 Å². The molecule has 0 amide bonds. The Morgan fingerprint density at radius 3 is 2.67 bits per heavy atom. The Hall–Kier alpha value is -1.55. The second-order valence-electron chi connectivity index (χ2n) is 4.58. The number of hydrazine groups is 1. The Balaban J connectivity index is 1.73.